The molecule has 0 atom stereocenters. The van der Waals surface area contributed by atoms with Gasteiger partial charge in [-0.05, 0) is 44.0 Å². The quantitative estimate of drug-likeness (QED) is 0.827. The lowest BCUT2D eigenvalue weighted by atomic mass is 9.96. The Morgan fingerprint density at radius 3 is 2.89 bits per heavy atom. The third-order valence-corrected chi connectivity index (χ3v) is 3.77. The van der Waals surface area contributed by atoms with Crippen LogP contribution in [0.3, 0.4) is 0 Å². The van der Waals surface area contributed by atoms with Crippen molar-refractivity contribution in [1.82, 2.24) is 10.3 Å². The van der Waals surface area contributed by atoms with E-state index in [0.29, 0.717) is 0 Å². The third kappa shape index (κ3) is 1.87. The number of aromatic amines is 1. The van der Waals surface area contributed by atoms with Crippen LogP contribution < -0.4 is 5.32 Å². The van der Waals surface area contributed by atoms with Crippen molar-refractivity contribution in [2.75, 3.05) is 13.1 Å². The molecule has 0 unspecified atom stereocenters. The predicted octanol–water partition coefficient (Wildman–Crippen LogP) is 3.42. The number of hydrogen-bond donors (Lipinski definition) is 2. The first kappa shape index (κ1) is 11.5. The Hall–Kier alpha value is -1.54. The lowest BCUT2D eigenvalue weighted by Gasteiger charge is -2.15. The average Bonchev–Trinajstić information content (AvgIpc) is 2.77. The van der Waals surface area contributed by atoms with E-state index >= 15 is 0 Å². The van der Waals surface area contributed by atoms with E-state index in [9.17, 15) is 0 Å². The summed E-state index contributed by atoms with van der Waals surface area (Å²) in [6.45, 7) is 6.48. The molecule has 0 saturated carbocycles. The largest absolute Gasteiger partial charge is 0.358 e. The molecule has 1 aliphatic rings. The molecule has 2 heterocycles. The number of hydrogen-bond acceptors (Lipinski definition) is 1. The number of benzene rings is 1. The molecule has 2 N–H and O–H groups in total. The van der Waals surface area contributed by atoms with Crippen molar-refractivity contribution < 1.29 is 0 Å². The topological polar surface area (TPSA) is 27.8 Å². The maximum absolute atomic E-state index is 3.58. The fourth-order valence-corrected chi connectivity index (χ4v) is 2.84. The van der Waals surface area contributed by atoms with Gasteiger partial charge in [0.2, 0.25) is 0 Å². The van der Waals surface area contributed by atoms with E-state index in [-0.39, 0.29) is 0 Å². The first-order chi connectivity index (χ1) is 8.79. The zero-order valence-corrected chi connectivity index (χ0v) is 11.1. The molecule has 0 spiro atoms. The Bertz CT molecular complexity index is 605. The van der Waals surface area contributed by atoms with E-state index in [4.69, 9.17) is 0 Å². The van der Waals surface area contributed by atoms with Crippen LogP contribution in [0.1, 0.15) is 30.2 Å². The smallest absolute Gasteiger partial charge is 0.0462 e. The number of fused-ring (bicyclic) bond motifs is 1. The first-order valence-corrected chi connectivity index (χ1v) is 6.81. The second-order valence-electron chi connectivity index (χ2n) is 5.06. The average molecular weight is 240 g/mol. The molecule has 1 aromatic carbocycles. The summed E-state index contributed by atoms with van der Waals surface area (Å²) in [6.07, 6.45) is 4.54. The maximum atomic E-state index is 3.58. The second-order valence-corrected chi connectivity index (χ2v) is 5.06. The Morgan fingerprint density at radius 1 is 1.28 bits per heavy atom. The fourth-order valence-electron chi connectivity index (χ4n) is 2.84. The molecule has 0 amide bonds. The van der Waals surface area contributed by atoms with Crippen LogP contribution in [0.4, 0.5) is 0 Å². The first-order valence-electron chi connectivity index (χ1n) is 6.81. The number of nitrogens with one attached hydrogen (secondary N) is 2. The van der Waals surface area contributed by atoms with Gasteiger partial charge < -0.3 is 10.3 Å². The lowest BCUT2D eigenvalue weighted by molar-refractivity contribution is 0.738. The van der Waals surface area contributed by atoms with Gasteiger partial charge in [-0.1, -0.05) is 24.6 Å². The van der Waals surface area contributed by atoms with Gasteiger partial charge in [-0.2, -0.15) is 0 Å². The zero-order valence-electron chi connectivity index (χ0n) is 11.1. The van der Waals surface area contributed by atoms with Crippen LogP contribution in [0.2, 0.25) is 0 Å². The predicted molar refractivity (Wildman–Crippen MR) is 77.9 cm³/mol. The minimum atomic E-state index is 0.997. The van der Waals surface area contributed by atoms with Gasteiger partial charge in [-0.3, -0.25) is 0 Å². The highest BCUT2D eigenvalue weighted by Crippen LogP contribution is 2.32. The van der Waals surface area contributed by atoms with Crippen molar-refractivity contribution in [2.45, 2.75) is 26.7 Å². The Morgan fingerprint density at radius 2 is 2.17 bits per heavy atom. The van der Waals surface area contributed by atoms with Gasteiger partial charge in [0.25, 0.3) is 0 Å². The summed E-state index contributed by atoms with van der Waals surface area (Å²) in [5.74, 6) is 0. The Balaban J connectivity index is 2.24. The van der Waals surface area contributed by atoms with Gasteiger partial charge in [0.05, 0.1) is 0 Å². The molecular formula is C16H20N2. The minimum absolute atomic E-state index is 0.997. The second kappa shape index (κ2) is 4.62. The molecule has 3 rings (SSSR count). The molecule has 2 heteroatoms. The molecule has 2 aromatic rings. The van der Waals surface area contributed by atoms with Crippen LogP contribution >= 0.6 is 0 Å². The summed E-state index contributed by atoms with van der Waals surface area (Å²) in [7, 11) is 0. The van der Waals surface area contributed by atoms with Crippen LogP contribution in [0.5, 0.6) is 0 Å². The SMILES string of the molecule is CCc1[nH]c2ccc(C)cc2c1C1=CCNCC1. The normalized spacial score (nSPS) is 16.0. The molecule has 0 bridgehead atoms. The van der Waals surface area contributed by atoms with E-state index in [0.717, 1.165) is 25.9 Å². The lowest BCUT2D eigenvalue weighted by Crippen LogP contribution is -2.20. The van der Waals surface area contributed by atoms with Crippen molar-refractivity contribution in [2.24, 2.45) is 0 Å². The molecule has 0 radical (unpaired) electrons. The molecule has 18 heavy (non-hydrogen) atoms. The van der Waals surface area contributed by atoms with E-state index in [1.165, 1.54) is 33.3 Å². The summed E-state index contributed by atoms with van der Waals surface area (Å²) >= 11 is 0. The molecule has 2 nitrogen and oxygen atoms in total. The van der Waals surface area contributed by atoms with Crippen molar-refractivity contribution in [3.05, 3.63) is 41.1 Å². The van der Waals surface area contributed by atoms with Gasteiger partial charge in [-0.15, -0.1) is 0 Å². The monoisotopic (exact) mass is 240 g/mol. The molecule has 94 valence electrons. The highest BCUT2D eigenvalue weighted by Gasteiger charge is 2.15. The van der Waals surface area contributed by atoms with Gasteiger partial charge in [0, 0.05) is 28.7 Å². The fraction of sp³-hybridized carbons (Fsp3) is 0.375. The van der Waals surface area contributed by atoms with Crippen molar-refractivity contribution in [1.29, 1.82) is 0 Å². The highest BCUT2D eigenvalue weighted by atomic mass is 14.9. The number of aromatic nitrogens is 1. The maximum Gasteiger partial charge on any atom is 0.0462 e. The highest BCUT2D eigenvalue weighted by molar-refractivity contribution is 5.95. The van der Waals surface area contributed by atoms with Crippen LogP contribution in [-0.4, -0.2) is 18.1 Å². The van der Waals surface area contributed by atoms with Crippen molar-refractivity contribution in [3.63, 3.8) is 0 Å². The molecule has 0 aliphatic carbocycles. The third-order valence-electron chi connectivity index (χ3n) is 3.77. The van der Waals surface area contributed by atoms with Crippen molar-refractivity contribution in [3.8, 4) is 0 Å². The van der Waals surface area contributed by atoms with Crippen LogP contribution in [0, 0.1) is 6.92 Å². The van der Waals surface area contributed by atoms with Crippen LogP contribution in [0.15, 0.2) is 24.3 Å². The van der Waals surface area contributed by atoms with Crippen molar-refractivity contribution >= 4 is 16.5 Å². The van der Waals surface area contributed by atoms with E-state index in [1.807, 2.05) is 0 Å². The van der Waals surface area contributed by atoms with E-state index < -0.39 is 0 Å². The summed E-state index contributed by atoms with van der Waals surface area (Å²) in [6, 6.07) is 6.69. The Labute approximate surface area is 108 Å². The van der Waals surface area contributed by atoms with Crippen LogP contribution in [-0.2, 0) is 6.42 Å². The zero-order chi connectivity index (χ0) is 12.5. The van der Waals surface area contributed by atoms with Crippen LogP contribution in [0.25, 0.3) is 16.5 Å². The van der Waals surface area contributed by atoms with E-state index in [2.05, 4.69) is 48.4 Å². The van der Waals surface area contributed by atoms with Gasteiger partial charge in [0.1, 0.15) is 0 Å². The van der Waals surface area contributed by atoms with Gasteiger partial charge >= 0.3 is 0 Å². The number of aryl methyl sites for hydroxylation is 2. The van der Waals surface area contributed by atoms with Gasteiger partial charge in [-0.25, -0.2) is 0 Å². The standard InChI is InChI=1S/C16H20N2/c1-3-14-16(12-6-8-17-9-7-12)13-10-11(2)4-5-15(13)18-14/h4-6,10,17-18H,3,7-9H2,1-2H3. The number of H-pyrrole nitrogens is 1. The molecule has 1 aromatic heterocycles. The summed E-state index contributed by atoms with van der Waals surface area (Å²) in [4.78, 5) is 3.58. The summed E-state index contributed by atoms with van der Waals surface area (Å²) < 4.78 is 0. The van der Waals surface area contributed by atoms with Gasteiger partial charge in [0.15, 0.2) is 0 Å². The number of rotatable bonds is 2. The molecule has 0 fully saturated rings. The van der Waals surface area contributed by atoms with E-state index in [1.54, 1.807) is 0 Å². The summed E-state index contributed by atoms with van der Waals surface area (Å²) in [5, 5.41) is 4.78. The Kier molecular flexibility index (Phi) is 2.96. The summed E-state index contributed by atoms with van der Waals surface area (Å²) in [5.41, 5.74) is 6.94. The minimum Gasteiger partial charge on any atom is -0.358 e. The molecule has 1 aliphatic heterocycles. The molecule has 0 saturated heterocycles. The molecular weight excluding hydrogens is 220 g/mol.